The van der Waals surface area contributed by atoms with Crippen LogP contribution in [0.15, 0.2) is 30.3 Å². The van der Waals surface area contributed by atoms with Crippen molar-refractivity contribution in [3.8, 4) is 0 Å². The standard InChI is InChI=1S/C7H8.CH3NO3S/c1-7-5-3-2-4-6-7;2-6(4,5)1-3/h2-6H,1H3;1H,(H2,2,4,5). The summed E-state index contributed by atoms with van der Waals surface area (Å²) >= 11 is 0. The first kappa shape index (κ1) is 11.8. The minimum Gasteiger partial charge on any atom is -0.284 e. The summed E-state index contributed by atoms with van der Waals surface area (Å²) in [6, 6.07) is 10.3. The molecule has 72 valence electrons. The van der Waals surface area contributed by atoms with Crippen molar-refractivity contribution in [2.45, 2.75) is 6.92 Å². The Balaban J connectivity index is 0.000000226. The highest BCUT2D eigenvalue weighted by Gasteiger charge is 1.91. The summed E-state index contributed by atoms with van der Waals surface area (Å²) in [4.78, 5) is 9.11. The molecule has 0 unspecified atom stereocenters. The van der Waals surface area contributed by atoms with Gasteiger partial charge in [0.2, 0.25) is 5.62 Å². The third kappa shape index (κ3) is 8.71. The van der Waals surface area contributed by atoms with Gasteiger partial charge in [0.25, 0.3) is 10.0 Å². The molecule has 0 atom stereocenters. The van der Waals surface area contributed by atoms with E-state index in [2.05, 4.69) is 24.2 Å². The number of carbonyl (C=O) groups is 1. The molecule has 1 rings (SSSR count). The minimum absolute atomic E-state index is 0.312. The maximum atomic E-state index is 9.41. The van der Waals surface area contributed by atoms with Gasteiger partial charge in [-0.2, -0.15) is 0 Å². The molecule has 2 N–H and O–H groups in total. The van der Waals surface area contributed by atoms with Gasteiger partial charge in [-0.3, -0.25) is 4.79 Å². The van der Waals surface area contributed by atoms with Gasteiger partial charge in [0.15, 0.2) is 0 Å². The van der Waals surface area contributed by atoms with E-state index in [0.717, 1.165) is 0 Å². The van der Waals surface area contributed by atoms with Crippen molar-refractivity contribution < 1.29 is 13.2 Å². The Morgan fingerprint density at radius 3 is 1.77 bits per heavy atom. The van der Waals surface area contributed by atoms with Crippen LogP contribution in [0.4, 0.5) is 0 Å². The zero-order valence-electron chi connectivity index (χ0n) is 7.17. The lowest BCUT2D eigenvalue weighted by molar-refractivity contribution is 0.556. The van der Waals surface area contributed by atoms with Crippen molar-refractivity contribution in [1.82, 2.24) is 0 Å². The van der Waals surface area contributed by atoms with Gasteiger partial charge in [-0.05, 0) is 6.92 Å². The molecule has 0 aliphatic heterocycles. The van der Waals surface area contributed by atoms with Crippen molar-refractivity contribution in [3.05, 3.63) is 35.9 Å². The number of hydrogen-bond acceptors (Lipinski definition) is 3. The Morgan fingerprint density at radius 2 is 1.62 bits per heavy atom. The molecule has 0 bridgehead atoms. The van der Waals surface area contributed by atoms with E-state index in [1.54, 1.807) is 0 Å². The average molecular weight is 201 g/mol. The van der Waals surface area contributed by atoms with Crippen molar-refractivity contribution >= 4 is 15.6 Å². The van der Waals surface area contributed by atoms with Crippen LogP contribution in [0.1, 0.15) is 5.56 Å². The average Bonchev–Trinajstić information content (AvgIpc) is 2.06. The fourth-order valence-electron chi connectivity index (χ4n) is 0.534. The van der Waals surface area contributed by atoms with Gasteiger partial charge in [-0.1, -0.05) is 35.9 Å². The van der Waals surface area contributed by atoms with E-state index in [1.807, 2.05) is 18.2 Å². The molecule has 0 amide bonds. The molecule has 0 aromatic heterocycles. The quantitative estimate of drug-likeness (QED) is 0.670. The molecular formula is C8H11NO3S. The molecule has 0 radical (unpaired) electrons. The number of nitrogens with two attached hydrogens (primary N) is 1. The van der Waals surface area contributed by atoms with E-state index in [0.29, 0.717) is 0 Å². The predicted octanol–water partition coefficient (Wildman–Crippen LogP) is 0.460. The lowest BCUT2D eigenvalue weighted by Gasteiger charge is -1.82. The zero-order chi connectivity index (χ0) is 10.3. The SMILES string of the molecule is Cc1ccccc1.NS(=O)(=O)C=O. The maximum Gasteiger partial charge on any atom is 0.268 e. The molecule has 0 heterocycles. The van der Waals surface area contributed by atoms with Gasteiger partial charge in [0.1, 0.15) is 0 Å². The smallest absolute Gasteiger partial charge is 0.268 e. The summed E-state index contributed by atoms with van der Waals surface area (Å²) in [5.41, 5.74) is 1.01. The van der Waals surface area contributed by atoms with Gasteiger partial charge < -0.3 is 0 Å². The second kappa shape index (κ2) is 5.45. The van der Waals surface area contributed by atoms with Crippen LogP contribution in [-0.4, -0.2) is 14.0 Å². The number of aryl methyl sites for hydroxylation is 1. The van der Waals surface area contributed by atoms with Gasteiger partial charge in [0, 0.05) is 0 Å². The van der Waals surface area contributed by atoms with Crippen LogP contribution < -0.4 is 5.14 Å². The predicted molar refractivity (Wildman–Crippen MR) is 51.0 cm³/mol. The Kier molecular flexibility index (Phi) is 4.94. The van der Waals surface area contributed by atoms with Crippen molar-refractivity contribution in [2.24, 2.45) is 5.14 Å². The number of hydrogen-bond donors (Lipinski definition) is 1. The molecule has 0 aliphatic rings. The topological polar surface area (TPSA) is 77.2 Å². The van der Waals surface area contributed by atoms with Crippen LogP contribution in [0.5, 0.6) is 0 Å². The molecule has 0 saturated carbocycles. The first-order valence-electron chi connectivity index (χ1n) is 3.45. The Labute approximate surface area is 77.4 Å². The molecule has 0 fully saturated rings. The molecular weight excluding hydrogens is 190 g/mol. The number of carbonyl (C=O) groups excluding carboxylic acids is 1. The van der Waals surface area contributed by atoms with Gasteiger partial charge in [-0.15, -0.1) is 0 Å². The Bertz CT molecular complexity index is 333. The highest BCUT2D eigenvalue weighted by molar-refractivity contribution is 8.02. The molecule has 1 aromatic carbocycles. The lowest BCUT2D eigenvalue weighted by atomic mass is 10.2. The molecule has 1 aromatic rings. The molecule has 0 spiro atoms. The summed E-state index contributed by atoms with van der Waals surface area (Å²) in [5.74, 6) is 0. The number of rotatable bonds is 1. The first-order valence-corrected chi connectivity index (χ1v) is 5.06. The normalized spacial score (nSPS) is 9.69. The van der Waals surface area contributed by atoms with Crippen molar-refractivity contribution in [2.75, 3.05) is 0 Å². The van der Waals surface area contributed by atoms with E-state index in [-0.39, 0.29) is 5.62 Å². The van der Waals surface area contributed by atoms with E-state index in [9.17, 15) is 8.42 Å². The van der Waals surface area contributed by atoms with Crippen LogP contribution in [0.3, 0.4) is 0 Å². The fraction of sp³-hybridized carbons (Fsp3) is 0.125. The third-order valence-electron chi connectivity index (χ3n) is 1.07. The van der Waals surface area contributed by atoms with Crippen molar-refractivity contribution in [1.29, 1.82) is 0 Å². The van der Waals surface area contributed by atoms with Crippen molar-refractivity contribution in [3.63, 3.8) is 0 Å². The summed E-state index contributed by atoms with van der Waals surface area (Å²) in [6.07, 6.45) is 0. The zero-order valence-corrected chi connectivity index (χ0v) is 7.99. The number of benzene rings is 1. The lowest BCUT2D eigenvalue weighted by Crippen LogP contribution is -2.11. The highest BCUT2D eigenvalue weighted by atomic mass is 32.2. The highest BCUT2D eigenvalue weighted by Crippen LogP contribution is 1.92. The second-order valence-electron chi connectivity index (χ2n) is 2.34. The first-order chi connectivity index (χ1) is 5.95. The summed E-state index contributed by atoms with van der Waals surface area (Å²) < 4.78 is 18.8. The van der Waals surface area contributed by atoms with E-state index < -0.39 is 10.0 Å². The van der Waals surface area contributed by atoms with E-state index in [1.165, 1.54) is 5.56 Å². The van der Waals surface area contributed by atoms with Gasteiger partial charge in [0.05, 0.1) is 0 Å². The number of sulfonamides is 1. The number of primary sulfonamides is 1. The Hall–Kier alpha value is -1.20. The second-order valence-corrected chi connectivity index (χ2v) is 3.71. The van der Waals surface area contributed by atoms with Crippen LogP contribution in [0.25, 0.3) is 0 Å². The molecule has 0 saturated heterocycles. The molecule has 0 aliphatic carbocycles. The maximum absolute atomic E-state index is 9.41. The van der Waals surface area contributed by atoms with Crippen LogP contribution >= 0.6 is 0 Å². The molecule has 5 heteroatoms. The van der Waals surface area contributed by atoms with Gasteiger partial charge >= 0.3 is 0 Å². The minimum atomic E-state index is -3.84. The molecule has 4 nitrogen and oxygen atoms in total. The van der Waals surface area contributed by atoms with E-state index in [4.69, 9.17) is 4.79 Å². The third-order valence-corrected chi connectivity index (χ3v) is 1.34. The Morgan fingerprint density at radius 1 is 1.23 bits per heavy atom. The van der Waals surface area contributed by atoms with Crippen LogP contribution in [0, 0.1) is 6.92 Å². The van der Waals surface area contributed by atoms with E-state index >= 15 is 0 Å². The summed E-state index contributed by atoms with van der Waals surface area (Å²) in [5, 5.41) is 4.14. The summed E-state index contributed by atoms with van der Waals surface area (Å²) in [7, 11) is -3.84. The molecule has 13 heavy (non-hydrogen) atoms. The van der Waals surface area contributed by atoms with Gasteiger partial charge in [-0.25, -0.2) is 13.6 Å². The monoisotopic (exact) mass is 201 g/mol. The largest absolute Gasteiger partial charge is 0.284 e. The fourth-order valence-corrected chi connectivity index (χ4v) is 0.534. The summed E-state index contributed by atoms with van der Waals surface area (Å²) in [6.45, 7) is 2.08. The van der Waals surface area contributed by atoms with Crippen LogP contribution in [0.2, 0.25) is 0 Å². The van der Waals surface area contributed by atoms with Crippen LogP contribution in [-0.2, 0) is 14.8 Å².